The van der Waals surface area contributed by atoms with Crippen molar-refractivity contribution in [2.45, 2.75) is 6.92 Å². The van der Waals surface area contributed by atoms with Crippen LogP contribution in [0.25, 0.3) is 0 Å². The van der Waals surface area contributed by atoms with Crippen LogP contribution in [0.1, 0.15) is 17.3 Å². The molecule has 0 atom stereocenters. The van der Waals surface area contributed by atoms with Crippen LogP contribution in [0.15, 0.2) is 40.9 Å². The van der Waals surface area contributed by atoms with E-state index < -0.39 is 11.9 Å². The second kappa shape index (κ2) is 9.08. The lowest BCUT2D eigenvalue weighted by molar-refractivity contribution is -0.136. The second-order valence-electron chi connectivity index (χ2n) is 4.70. The van der Waals surface area contributed by atoms with Gasteiger partial charge < -0.3 is 14.2 Å². The lowest BCUT2D eigenvalue weighted by Gasteiger charge is -2.11. The topological polar surface area (TPSA) is 61.8 Å². The van der Waals surface area contributed by atoms with Gasteiger partial charge in [0.2, 0.25) is 0 Å². The second-order valence-corrected chi connectivity index (χ2v) is 6.46. The smallest absolute Gasteiger partial charge is 0.349 e. The van der Waals surface area contributed by atoms with E-state index in [1.807, 2.05) is 0 Å². The zero-order valence-electron chi connectivity index (χ0n) is 13.1. The molecule has 0 saturated heterocycles. The van der Waals surface area contributed by atoms with Crippen molar-refractivity contribution >= 4 is 51.1 Å². The van der Waals surface area contributed by atoms with Crippen LogP contribution >= 0.6 is 39.1 Å². The van der Waals surface area contributed by atoms with Crippen molar-refractivity contribution in [3.63, 3.8) is 0 Å². The van der Waals surface area contributed by atoms with Gasteiger partial charge in [0.15, 0.2) is 6.61 Å². The summed E-state index contributed by atoms with van der Waals surface area (Å²) in [5.74, 6) is -0.908. The highest BCUT2D eigenvalue weighted by Gasteiger charge is 2.17. The van der Waals surface area contributed by atoms with E-state index in [0.29, 0.717) is 15.2 Å². The molecule has 0 radical (unpaired) electrons. The van der Waals surface area contributed by atoms with E-state index in [4.69, 9.17) is 37.4 Å². The van der Waals surface area contributed by atoms with Crippen LogP contribution < -0.4 is 9.47 Å². The van der Waals surface area contributed by atoms with Gasteiger partial charge in [0.05, 0.1) is 11.6 Å². The van der Waals surface area contributed by atoms with E-state index >= 15 is 0 Å². The van der Waals surface area contributed by atoms with Crippen molar-refractivity contribution in [1.29, 1.82) is 0 Å². The largest absolute Gasteiger partial charge is 0.480 e. The normalized spacial score (nSPS) is 10.2. The maximum atomic E-state index is 12.0. The Labute approximate surface area is 162 Å². The molecule has 132 valence electrons. The fraction of sp³-hybridized carbons (Fsp3) is 0.176. The maximum absolute atomic E-state index is 12.0. The van der Waals surface area contributed by atoms with E-state index in [1.54, 1.807) is 25.1 Å². The fourth-order valence-corrected chi connectivity index (χ4v) is 2.66. The zero-order valence-corrected chi connectivity index (χ0v) is 16.2. The van der Waals surface area contributed by atoms with Crippen molar-refractivity contribution in [3.8, 4) is 11.5 Å². The molecule has 2 aromatic rings. The first-order valence-corrected chi connectivity index (χ1v) is 8.70. The molecule has 0 aromatic heterocycles. The molecule has 0 spiro atoms. The molecule has 2 aromatic carbocycles. The van der Waals surface area contributed by atoms with E-state index in [-0.39, 0.29) is 29.5 Å². The number of ether oxygens (including phenoxy) is 3. The van der Waals surface area contributed by atoms with Crippen LogP contribution in [0.4, 0.5) is 0 Å². The van der Waals surface area contributed by atoms with Gasteiger partial charge in [0, 0.05) is 9.50 Å². The van der Waals surface area contributed by atoms with Gasteiger partial charge in [-0.25, -0.2) is 9.59 Å². The number of esters is 2. The predicted octanol–water partition coefficient (Wildman–Crippen LogP) is 4.92. The fourth-order valence-electron chi connectivity index (χ4n) is 1.84. The van der Waals surface area contributed by atoms with Gasteiger partial charge in [-0.2, -0.15) is 0 Å². The molecule has 25 heavy (non-hydrogen) atoms. The Morgan fingerprint density at radius 3 is 2.48 bits per heavy atom. The minimum absolute atomic E-state index is 0.0810. The molecule has 0 amide bonds. The summed E-state index contributed by atoms with van der Waals surface area (Å²) >= 11 is 15.0. The molecule has 0 aliphatic rings. The lowest BCUT2D eigenvalue weighted by atomic mass is 10.2. The Hall–Kier alpha value is -1.76. The Balaban J connectivity index is 2.06. The highest BCUT2D eigenvalue weighted by molar-refractivity contribution is 9.10. The molecule has 0 fully saturated rings. The quantitative estimate of drug-likeness (QED) is 0.464. The molecule has 0 N–H and O–H groups in total. The van der Waals surface area contributed by atoms with Crippen LogP contribution in [0.5, 0.6) is 11.5 Å². The van der Waals surface area contributed by atoms with E-state index in [9.17, 15) is 9.59 Å². The van der Waals surface area contributed by atoms with Gasteiger partial charge in [-0.1, -0.05) is 39.1 Å². The number of carbonyl (C=O) groups excluding carboxylic acids is 2. The summed E-state index contributed by atoms with van der Waals surface area (Å²) in [4.78, 5) is 24.0. The monoisotopic (exact) mass is 446 g/mol. The Kier molecular flexibility index (Phi) is 7.11. The van der Waals surface area contributed by atoms with Gasteiger partial charge in [-0.15, -0.1) is 0 Å². The number of carbonyl (C=O) groups is 2. The summed E-state index contributed by atoms with van der Waals surface area (Å²) in [6.45, 7) is 1.50. The van der Waals surface area contributed by atoms with Crippen LogP contribution in [-0.2, 0) is 9.53 Å². The molecule has 0 bridgehead atoms. The van der Waals surface area contributed by atoms with Gasteiger partial charge in [-0.3, -0.25) is 0 Å². The summed E-state index contributed by atoms with van der Waals surface area (Å²) in [5, 5.41) is 0.727. The number of rotatable bonds is 6. The average molecular weight is 448 g/mol. The first-order valence-electron chi connectivity index (χ1n) is 7.16. The minimum Gasteiger partial charge on any atom is -0.480 e. The van der Waals surface area contributed by atoms with Crippen LogP contribution in [0.2, 0.25) is 10.0 Å². The van der Waals surface area contributed by atoms with Crippen LogP contribution in [0, 0.1) is 0 Å². The SMILES string of the molecule is CCOC(=O)c1cc(Br)ccc1OC(=O)COc1ccc(Cl)cc1Cl. The third-order valence-corrected chi connectivity index (χ3v) is 3.92. The molecule has 0 saturated carbocycles. The molecule has 0 unspecified atom stereocenters. The van der Waals surface area contributed by atoms with Crippen molar-refractivity contribution in [3.05, 3.63) is 56.5 Å². The molecular weight excluding hydrogens is 435 g/mol. The average Bonchev–Trinajstić information content (AvgIpc) is 2.56. The van der Waals surface area contributed by atoms with Gasteiger partial charge in [-0.05, 0) is 43.3 Å². The number of halogens is 3. The van der Waals surface area contributed by atoms with Crippen molar-refractivity contribution in [2.24, 2.45) is 0 Å². The Morgan fingerprint density at radius 1 is 1.08 bits per heavy atom. The summed E-state index contributed by atoms with van der Waals surface area (Å²) in [5.41, 5.74) is 0.133. The summed E-state index contributed by atoms with van der Waals surface area (Å²) < 4.78 is 16.1. The third kappa shape index (κ3) is 5.63. The number of hydrogen-bond donors (Lipinski definition) is 0. The molecule has 0 aliphatic heterocycles. The molecule has 2 rings (SSSR count). The maximum Gasteiger partial charge on any atom is 0.349 e. The lowest BCUT2D eigenvalue weighted by Crippen LogP contribution is -2.19. The minimum atomic E-state index is -0.695. The number of hydrogen-bond acceptors (Lipinski definition) is 5. The standard InChI is InChI=1S/C17H13BrCl2O5/c1-2-23-17(22)12-7-10(18)3-5-14(12)25-16(21)9-24-15-6-4-11(19)8-13(15)20/h3-8H,2,9H2,1H3. The summed E-state index contributed by atoms with van der Waals surface area (Å²) in [7, 11) is 0. The predicted molar refractivity (Wildman–Crippen MR) is 97.7 cm³/mol. The van der Waals surface area contributed by atoms with Crippen molar-refractivity contribution in [2.75, 3.05) is 13.2 Å². The summed E-state index contributed by atoms with van der Waals surface area (Å²) in [6, 6.07) is 9.27. The van der Waals surface area contributed by atoms with Gasteiger partial charge in [0.1, 0.15) is 17.1 Å². The van der Waals surface area contributed by atoms with Gasteiger partial charge >= 0.3 is 11.9 Å². The molecule has 8 heteroatoms. The number of benzene rings is 2. The Morgan fingerprint density at radius 2 is 1.80 bits per heavy atom. The van der Waals surface area contributed by atoms with Crippen molar-refractivity contribution in [1.82, 2.24) is 0 Å². The highest BCUT2D eigenvalue weighted by Crippen LogP contribution is 2.28. The first-order chi connectivity index (χ1) is 11.9. The molecule has 5 nitrogen and oxygen atoms in total. The van der Waals surface area contributed by atoms with E-state index in [0.717, 1.165) is 0 Å². The van der Waals surface area contributed by atoms with E-state index in [2.05, 4.69) is 15.9 Å². The molecular formula is C17H13BrCl2O5. The third-order valence-electron chi connectivity index (χ3n) is 2.90. The van der Waals surface area contributed by atoms with Crippen molar-refractivity contribution < 1.29 is 23.8 Å². The first kappa shape index (κ1) is 19.6. The highest BCUT2D eigenvalue weighted by atomic mass is 79.9. The van der Waals surface area contributed by atoms with Crippen LogP contribution in [-0.4, -0.2) is 25.2 Å². The van der Waals surface area contributed by atoms with Crippen LogP contribution in [0.3, 0.4) is 0 Å². The van der Waals surface area contributed by atoms with E-state index in [1.165, 1.54) is 18.2 Å². The van der Waals surface area contributed by atoms with Gasteiger partial charge in [0.25, 0.3) is 0 Å². The zero-order chi connectivity index (χ0) is 18.4. The summed E-state index contributed by atoms with van der Waals surface area (Å²) in [6.07, 6.45) is 0. The Bertz CT molecular complexity index is 795. The molecule has 0 aliphatic carbocycles. The molecule has 0 heterocycles.